The van der Waals surface area contributed by atoms with Crippen LogP contribution in [0.3, 0.4) is 0 Å². The summed E-state index contributed by atoms with van der Waals surface area (Å²) in [5, 5.41) is 8.27. The number of anilines is 5. The van der Waals surface area contributed by atoms with Crippen molar-refractivity contribution in [3.63, 3.8) is 0 Å². The van der Waals surface area contributed by atoms with Gasteiger partial charge < -0.3 is 23.8 Å². The van der Waals surface area contributed by atoms with Gasteiger partial charge in [0.1, 0.15) is 33.8 Å². The lowest BCUT2D eigenvalue weighted by molar-refractivity contribution is 0.332. The number of benzene rings is 9. The molecule has 2 aromatic heterocycles. The first kappa shape index (κ1) is 43.8. The lowest BCUT2D eigenvalue weighted by Crippen LogP contribution is -2.42. The molecule has 4 heterocycles. The minimum atomic E-state index is -0.323. The molecule has 0 bridgehead atoms. The monoisotopic (exact) mass is 947 g/mol. The fourth-order valence-corrected chi connectivity index (χ4v) is 12.6. The first-order valence-corrected chi connectivity index (χ1v) is 25.9. The average Bonchev–Trinajstić information content (AvgIpc) is 3.94. The number of aryl methyl sites for hydroxylation is 2. The Morgan fingerprint density at radius 3 is 1.96 bits per heavy atom. The summed E-state index contributed by atoms with van der Waals surface area (Å²) >= 11 is 0. The van der Waals surface area contributed by atoms with E-state index in [9.17, 15) is 0 Å². The molecule has 0 amide bonds. The molecule has 3 aliphatic rings. The number of nitrogens with zero attached hydrogens (tertiary/aromatic N) is 1. The van der Waals surface area contributed by atoms with E-state index in [-0.39, 0.29) is 16.2 Å². The van der Waals surface area contributed by atoms with Gasteiger partial charge in [-0.15, -0.1) is 0 Å². The van der Waals surface area contributed by atoms with Gasteiger partial charge in [0.2, 0.25) is 0 Å². The van der Waals surface area contributed by atoms with Crippen LogP contribution in [0.25, 0.3) is 66.1 Å². The molecule has 0 saturated carbocycles. The molecule has 14 rings (SSSR count). The smallest absolute Gasteiger partial charge is 0.198 e. The number of fused-ring (bicyclic) bond motifs is 11. The molecule has 9 aromatic carbocycles. The Hall–Kier alpha value is -7.96. The number of para-hydroxylation sites is 3. The van der Waals surface area contributed by atoms with E-state index in [1.54, 1.807) is 0 Å². The summed E-state index contributed by atoms with van der Waals surface area (Å²) < 4.78 is 20.9. The van der Waals surface area contributed by atoms with Crippen LogP contribution in [0.2, 0.25) is 0 Å². The van der Waals surface area contributed by atoms with E-state index in [2.05, 4.69) is 231 Å². The maximum absolute atomic E-state index is 7.23. The maximum atomic E-state index is 7.23. The molecule has 0 unspecified atom stereocenters. The largest absolute Gasteiger partial charge is 0.457 e. The second-order valence-electron chi connectivity index (χ2n) is 22.8. The van der Waals surface area contributed by atoms with Crippen LogP contribution in [0.15, 0.2) is 173 Å². The summed E-state index contributed by atoms with van der Waals surface area (Å²) in [6.45, 7) is 18.8. The molecule has 73 heavy (non-hydrogen) atoms. The number of rotatable bonds is 5. The number of hydrogen-bond acceptors (Lipinski definition) is 5. The zero-order valence-corrected chi connectivity index (χ0v) is 42.8. The van der Waals surface area contributed by atoms with Gasteiger partial charge in [0.05, 0.1) is 5.69 Å². The Morgan fingerprint density at radius 2 is 1.18 bits per heavy atom. The summed E-state index contributed by atoms with van der Waals surface area (Å²) in [6, 6.07) is 59.4. The summed E-state index contributed by atoms with van der Waals surface area (Å²) in [4.78, 5) is 2.55. The molecule has 0 spiro atoms. The van der Waals surface area contributed by atoms with Crippen molar-refractivity contribution >= 4 is 90.5 Å². The lowest BCUT2D eigenvalue weighted by atomic mass is 9.56. The zero-order chi connectivity index (χ0) is 49.7. The number of nitrogens with one attached hydrogen (secondary N) is 1. The van der Waals surface area contributed by atoms with Crippen molar-refractivity contribution in [2.75, 3.05) is 10.2 Å². The third-order valence-corrected chi connectivity index (χ3v) is 16.8. The fraction of sp³-hybridized carbons (Fsp3) is 0.194. The number of ether oxygens (including phenoxy) is 1. The SMILES string of the molecule is Cc1ccc(Nc2cc3oc4ccccc4c3cc2-c2c3c(cc4c2oc2ccccc24)N(c2cc4c(cc2C)C(C)(C)CCC4(C)C)c2cc4c(cc2[B]3)C(C)(C)c2ccccc2O4)c(-c2ccccc2)c1. The number of furan rings is 2. The minimum Gasteiger partial charge on any atom is -0.457 e. The van der Waals surface area contributed by atoms with Gasteiger partial charge in [0.25, 0.3) is 0 Å². The third kappa shape index (κ3) is 6.62. The molecule has 355 valence electrons. The van der Waals surface area contributed by atoms with Crippen LogP contribution >= 0.6 is 0 Å². The standard InChI is InChI=1S/C67H56BN2O3/c1-38-26-27-52(43(30-38)40-18-10-9-11-19-40)69-53-36-60-44(41-20-12-15-23-57(41)71-60)32-46(53)62-63-56(33-45-42-21-13-16-24-58(42)73-64(45)62)70(54-35-49-48(31-39(54)2)65(3,4)28-29-66(49,5)6)55-37-61-50(34-51(55)68-63)67(7,8)47-22-14-17-25-59(47)72-61/h9-27,30-37,69H,28-29H2,1-8H3. The summed E-state index contributed by atoms with van der Waals surface area (Å²) in [5.74, 6) is 1.79. The molecule has 1 radical (unpaired) electrons. The van der Waals surface area contributed by atoms with E-state index < -0.39 is 0 Å². The van der Waals surface area contributed by atoms with E-state index in [0.717, 1.165) is 135 Å². The molecule has 2 aliphatic heterocycles. The number of hydrogen-bond donors (Lipinski definition) is 1. The van der Waals surface area contributed by atoms with Gasteiger partial charge in [-0.2, -0.15) is 0 Å². The topological polar surface area (TPSA) is 50.8 Å². The van der Waals surface area contributed by atoms with Crippen LogP contribution in [0.5, 0.6) is 11.5 Å². The zero-order valence-electron chi connectivity index (χ0n) is 42.8. The summed E-state index contributed by atoms with van der Waals surface area (Å²) in [5.41, 5.74) is 22.4. The average molecular weight is 948 g/mol. The van der Waals surface area contributed by atoms with Gasteiger partial charge in [-0.05, 0) is 114 Å². The minimum absolute atomic E-state index is 0.0125. The first-order valence-electron chi connectivity index (χ1n) is 25.9. The molecule has 0 atom stereocenters. The van der Waals surface area contributed by atoms with Crippen LogP contribution < -0.4 is 25.9 Å². The summed E-state index contributed by atoms with van der Waals surface area (Å²) in [6.07, 6.45) is 2.26. The Balaban J connectivity index is 1.10. The first-order chi connectivity index (χ1) is 35.2. The van der Waals surface area contributed by atoms with Crippen molar-refractivity contribution in [2.45, 2.75) is 84.5 Å². The highest BCUT2D eigenvalue weighted by Crippen LogP contribution is 2.54. The molecule has 0 fully saturated rings. The predicted molar refractivity (Wildman–Crippen MR) is 305 cm³/mol. The van der Waals surface area contributed by atoms with E-state index in [1.807, 2.05) is 6.07 Å². The van der Waals surface area contributed by atoms with Gasteiger partial charge in [-0.25, -0.2) is 0 Å². The van der Waals surface area contributed by atoms with Gasteiger partial charge in [-0.3, -0.25) is 0 Å². The molecule has 0 saturated heterocycles. The van der Waals surface area contributed by atoms with Crippen molar-refractivity contribution in [3.05, 3.63) is 197 Å². The molecule has 6 heteroatoms. The van der Waals surface area contributed by atoms with Gasteiger partial charge in [0.15, 0.2) is 7.28 Å². The van der Waals surface area contributed by atoms with Crippen LogP contribution in [-0.4, -0.2) is 7.28 Å². The van der Waals surface area contributed by atoms with E-state index >= 15 is 0 Å². The van der Waals surface area contributed by atoms with Crippen LogP contribution in [-0.2, 0) is 16.2 Å². The molecular weight excluding hydrogens is 892 g/mol. The van der Waals surface area contributed by atoms with E-state index in [4.69, 9.17) is 13.6 Å². The molecule has 5 nitrogen and oxygen atoms in total. The normalized spacial score (nSPS) is 15.8. The van der Waals surface area contributed by atoms with Crippen molar-refractivity contribution < 1.29 is 13.6 Å². The Kier molecular flexibility index (Phi) is 9.32. The van der Waals surface area contributed by atoms with Gasteiger partial charge in [0, 0.05) is 89.7 Å². The van der Waals surface area contributed by atoms with Crippen molar-refractivity contribution in [2.24, 2.45) is 0 Å². The molecular formula is C67H56BN2O3. The van der Waals surface area contributed by atoms with Crippen LogP contribution in [0, 0.1) is 13.8 Å². The second-order valence-corrected chi connectivity index (χ2v) is 22.8. The second kappa shape index (κ2) is 15.5. The van der Waals surface area contributed by atoms with Crippen molar-refractivity contribution in [1.82, 2.24) is 0 Å². The Bertz CT molecular complexity index is 4140. The predicted octanol–water partition coefficient (Wildman–Crippen LogP) is 17.4. The molecule has 1 aliphatic carbocycles. The van der Waals surface area contributed by atoms with E-state index in [1.165, 1.54) is 27.8 Å². The van der Waals surface area contributed by atoms with Crippen molar-refractivity contribution in [3.8, 4) is 33.8 Å². The van der Waals surface area contributed by atoms with Crippen LogP contribution in [0.4, 0.5) is 28.4 Å². The Labute approximate surface area is 427 Å². The van der Waals surface area contributed by atoms with E-state index in [0.29, 0.717) is 0 Å². The Morgan fingerprint density at radius 1 is 0.493 bits per heavy atom. The van der Waals surface area contributed by atoms with Gasteiger partial charge in [-0.1, -0.05) is 156 Å². The quantitative estimate of drug-likeness (QED) is 0.174. The van der Waals surface area contributed by atoms with Gasteiger partial charge >= 0.3 is 0 Å². The highest BCUT2D eigenvalue weighted by atomic mass is 16.5. The molecule has 11 aromatic rings. The van der Waals surface area contributed by atoms with Crippen LogP contribution in [0.1, 0.15) is 87.8 Å². The highest BCUT2D eigenvalue weighted by molar-refractivity contribution is 6.74. The summed E-state index contributed by atoms with van der Waals surface area (Å²) in [7, 11) is 2.42. The van der Waals surface area contributed by atoms with Crippen molar-refractivity contribution in [1.29, 1.82) is 0 Å². The third-order valence-electron chi connectivity index (χ3n) is 16.8. The maximum Gasteiger partial charge on any atom is 0.198 e. The highest BCUT2D eigenvalue weighted by Gasteiger charge is 2.41. The molecule has 1 N–H and O–H groups in total. The lowest BCUT2D eigenvalue weighted by Gasteiger charge is -2.44. The fourth-order valence-electron chi connectivity index (χ4n) is 12.6.